The van der Waals surface area contributed by atoms with Crippen LogP contribution in [-0.4, -0.2) is 20.7 Å². The molecule has 0 spiro atoms. The average molecular weight is 194 g/mol. The molecule has 74 valence electrons. The van der Waals surface area contributed by atoms with Crippen LogP contribution in [0, 0.1) is 0 Å². The molecule has 5 heteroatoms. The lowest BCUT2D eigenvalue weighted by Gasteiger charge is -2.15. The molecule has 1 atom stereocenters. The summed E-state index contributed by atoms with van der Waals surface area (Å²) in [5.74, 6) is 0. The van der Waals surface area contributed by atoms with Crippen molar-refractivity contribution in [2.24, 2.45) is 0 Å². The van der Waals surface area contributed by atoms with Crippen molar-refractivity contribution in [3.05, 3.63) is 0 Å². The third-order valence-corrected chi connectivity index (χ3v) is 2.07. The van der Waals surface area contributed by atoms with E-state index in [0.29, 0.717) is 0 Å². The molecule has 0 heterocycles. The fourth-order valence-electron chi connectivity index (χ4n) is 0.917. The second-order valence-corrected chi connectivity index (χ2v) is 4.66. The number of sulfonamides is 1. The third kappa shape index (κ3) is 6.57. The minimum Gasteiger partial charge on any atom is -0.241 e. The molecule has 0 aliphatic rings. The summed E-state index contributed by atoms with van der Waals surface area (Å²) in [6.07, 6.45) is 4.10. The van der Waals surface area contributed by atoms with Crippen LogP contribution < -0.4 is 10.3 Å². The van der Waals surface area contributed by atoms with Gasteiger partial charge in [-0.2, -0.15) is 4.83 Å². The van der Waals surface area contributed by atoms with E-state index in [2.05, 4.69) is 17.2 Å². The Morgan fingerprint density at radius 2 is 1.92 bits per heavy atom. The Bertz CT molecular complexity index is 201. The molecule has 0 aromatic rings. The van der Waals surface area contributed by atoms with Gasteiger partial charge in [-0.25, -0.2) is 13.8 Å². The van der Waals surface area contributed by atoms with Gasteiger partial charge in [-0.05, 0) is 12.8 Å². The van der Waals surface area contributed by atoms with Crippen LogP contribution in [0.1, 0.15) is 33.1 Å². The number of nitrogens with one attached hydrogen (secondary N) is 2. The Balaban J connectivity index is 3.73. The van der Waals surface area contributed by atoms with Gasteiger partial charge in [0.2, 0.25) is 10.0 Å². The van der Waals surface area contributed by atoms with E-state index in [1.807, 2.05) is 6.92 Å². The number of hydrogen-bond donors (Lipinski definition) is 2. The molecule has 0 aliphatic heterocycles. The Morgan fingerprint density at radius 1 is 1.33 bits per heavy atom. The highest BCUT2D eigenvalue weighted by molar-refractivity contribution is 7.88. The predicted octanol–water partition coefficient (Wildman–Crippen LogP) is 0.619. The van der Waals surface area contributed by atoms with Crippen LogP contribution in [0.2, 0.25) is 0 Å². The summed E-state index contributed by atoms with van der Waals surface area (Å²) < 4.78 is 21.4. The Morgan fingerprint density at radius 3 is 2.25 bits per heavy atom. The van der Waals surface area contributed by atoms with Gasteiger partial charge in [0.15, 0.2) is 0 Å². The average Bonchev–Trinajstić information content (AvgIpc) is 1.96. The molecule has 0 radical (unpaired) electrons. The molecule has 1 unspecified atom stereocenters. The first-order valence-corrected chi connectivity index (χ1v) is 6.11. The maximum Gasteiger partial charge on any atom is 0.221 e. The van der Waals surface area contributed by atoms with E-state index in [1.54, 1.807) is 0 Å². The SMILES string of the molecule is CCCC(CC)NNS(C)(=O)=O. The lowest BCUT2D eigenvalue weighted by atomic mass is 10.1. The van der Waals surface area contributed by atoms with Gasteiger partial charge in [-0.1, -0.05) is 20.3 Å². The van der Waals surface area contributed by atoms with Crippen LogP contribution in [0.5, 0.6) is 0 Å². The topological polar surface area (TPSA) is 58.2 Å². The first-order chi connectivity index (χ1) is 5.49. The zero-order valence-electron chi connectivity index (χ0n) is 7.92. The summed E-state index contributed by atoms with van der Waals surface area (Å²) in [7, 11) is -3.11. The molecule has 0 fully saturated rings. The summed E-state index contributed by atoms with van der Waals surface area (Å²) in [5, 5.41) is 0. The molecule has 0 aromatic carbocycles. The Kier molecular flexibility index (Phi) is 5.44. The van der Waals surface area contributed by atoms with E-state index in [9.17, 15) is 8.42 Å². The van der Waals surface area contributed by atoms with E-state index in [4.69, 9.17) is 0 Å². The van der Waals surface area contributed by atoms with Crippen LogP contribution in [0.3, 0.4) is 0 Å². The highest BCUT2D eigenvalue weighted by atomic mass is 32.2. The zero-order chi connectivity index (χ0) is 9.61. The molecular weight excluding hydrogens is 176 g/mol. The van der Waals surface area contributed by atoms with Crippen LogP contribution in [-0.2, 0) is 10.0 Å². The minimum absolute atomic E-state index is 0.240. The van der Waals surface area contributed by atoms with Gasteiger partial charge in [-0.15, -0.1) is 0 Å². The summed E-state index contributed by atoms with van der Waals surface area (Å²) in [6.45, 7) is 4.10. The normalized spacial score (nSPS) is 14.6. The molecule has 0 saturated heterocycles. The molecule has 4 nitrogen and oxygen atoms in total. The second kappa shape index (κ2) is 5.50. The van der Waals surface area contributed by atoms with Gasteiger partial charge in [0, 0.05) is 6.04 Å². The van der Waals surface area contributed by atoms with Crippen molar-refractivity contribution < 1.29 is 8.42 Å². The van der Waals surface area contributed by atoms with Crippen molar-refractivity contribution in [1.82, 2.24) is 10.3 Å². The van der Waals surface area contributed by atoms with E-state index >= 15 is 0 Å². The van der Waals surface area contributed by atoms with Crippen molar-refractivity contribution in [3.63, 3.8) is 0 Å². The molecule has 0 saturated carbocycles. The lowest BCUT2D eigenvalue weighted by Crippen LogP contribution is -2.43. The predicted molar refractivity (Wildman–Crippen MR) is 50.1 cm³/mol. The summed E-state index contributed by atoms with van der Waals surface area (Å²) in [4.78, 5) is 2.28. The van der Waals surface area contributed by atoms with Gasteiger partial charge in [0.25, 0.3) is 0 Å². The van der Waals surface area contributed by atoms with Crippen LogP contribution >= 0.6 is 0 Å². The maximum absolute atomic E-state index is 10.7. The van der Waals surface area contributed by atoms with E-state index in [-0.39, 0.29) is 6.04 Å². The van der Waals surface area contributed by atoms with Crippen LogP contribution in [0.4, 0.5) is 0 Å². The fraction of sp³-hybridized carbons (Fsp3) is 1.00. The maximum atomic E-state index is 10.7. The standard InChI is InChI=1S/C7H18N2O2S/c1-4-6-7(5-2)8-9-12(3,10)11/h7-9H,4-6H2,1-3H3. The van der Waals surface area contributed by atoms with E-state index < -0.39 is 10.0 Å². The fourth-order valence-corrected chi connectivity index (χ4v) is 1.30. The third-order valence-electron chi connectivity index (χ3n) is 1.58. The summed E-state index contributed by atoms with van der Waals surface area (Å²) >= 11 is 0. The van der Waals surface area contributed by atoms with Crippen molar-refractivity contribution in [1.29, 1.82) is 0 Å². The van der Waals surface area contributed by atoms with E-state index in [1.165, 1.54) is 0 Å². The van der Waals surface area contributed by atoms with Crippen molar-refractivity contribution in [2.75, 3.05) is 6.26 Å². The summed E-state index contributed by atoms with van der Waals surface area (Å²) in [5.41, 5.74) is 2.77. The minimum atomic E-state index is -3.11. The van der Waals surface area contributed by atoms with Crippen LogP contribution in [0.25, 0.3) is 0 Å². The summed E-state index contributed by atoms with van der Waals surface area (Å²) in [6, 6.07) is 0.240. The molecule has 0 aliphatic carbocycles. The highest BCUT2D eigenvalue weighted by Crippen LogP contribution is 1.99. The second-order valence-electron chi connectivity index (χ2n) is 2.91. The van der Waals surface area contributed by atoms with E-state index in [0.717, 1.165) is 25.5 Å². The lowest BCUT2D eigenvalue weighted by molar-refractivity contribution is 0.441. The molecule has 0 bridgehead atoms. The van der Waals surface area contributed by atoms with Crippen molar-refractivity contribution >= 4 is 10.0 Å². The Hall–Kier alpha value is -0.130. The molecule has 0 aromatic heterocycles. The zero-order valence-corrected chi connectivity index (χ0v) is 8.74. The highest BCUT2D eigenvalue weighted by Gasteiger charge is 2.06. The number of hydrazine groups is 1. The van der Waals surface area contributed by atoms with Gasteiger partial charge >= 0.3 is 0 Å². The monoisotopic (exact) mass is 194 g/mol. The van der Waals surface area contributed by atoms with Crippen molar-refractivity contribution in [2.45, 2.75) is 39.2 Å². The number of rotatable bonds is 6. The largest absolute Gasteiger partial charge is 0.241 e. The first kappa shape index (κ1) is 11.9. The van der Waals surface area contributed by atoms with Gasteiger partial charge in [-0.3, -0.25) is 0 Å². The molecule has 0 rings (SSSR count). The van der Waals surface area contributed by atoms with Gasteiger partial charge < -0.3 is 0 Å². The molecule has 2 N–H and O–H groups in total. The molecule has 0 amide bonds. The molecule has 12 heavy (non-hydrogen) atoms. The first-order valence-electron chi connectivity index (χ1n) is 4.22. The molecular formula is C7H18N2O2S. The smallest absolute Gasteiger partial charge is 0.221 e. The Labute approximate surface area is 74.8 Å². The van der Waals surface area contributed by atoms with Crippen LogP contribution in [0.15, 0.2) is 0 Å². The van der Waals surface area contributed by atoms with Gasteiger partial charge in [0.1, 0.15) is 0 Å². The number of hydrogen-bond acceptors (Lipinski definition) is 3. The quantitative estimate of drug-likeness (QED) is 0.609. The van der Waals surface area contributed by atoms with Crippen molar-refractivity contribution in [3.8, 4) is 0 Å². The van der Waals surface area contributed by atoms with Gasteiger partial charge in [0.05, 0.1) is 6.26 Å².